The van der Waals surface area contributed by atoms with Gasteiger partial charge in [0, 0.05) is 18.1 Å². The lowest BCUT2D eigenvalue weighted by Crippen LogP contribution is -2.40. The minimum atomic E-state index is -3.31. The third kappa shape index (κ3) is 4.82. The molecule has 1 fully saturated rings. The van der Waals surface area contributed by atoms with E-state index in [4.69, 9.17) is 11.6 Å². The summed E-state index contributed by atoms with van der Waals surface area (Å²) in [6.45, 7) is 4.46. The Hall–Kier alpha value is -1.37. The lowest BCUT2D eigenvalue weighted by Gasteiger charge is -2.32. The SMILES string of the molecule is C=CCS(=O)(=O)N1CCCC(c2cc(Cl)cc(CC(=O)OC)c2)C1. The van der Waals surface area contributed by atoms with E-state index in [1.54, 1.807) is 6.07 Å². The number of hydrogen-bond acceptors (Lipinski definition) is 4. The molecule has 1 saturated heterocycles. The van der Waals surface area contributed by atoms with Gasteiger partial charge in [-0.05, 0) is 42.0 Å². The summed E-state index contributed by atoms with van der Waals surface area (Å²) in [7, 11) is -1.96. The maximum atomic E-state index is 12.2. The van der Waals surface area contributed by atoms with Gasteiger partial charge in [-0.15, -0.1) is 6.58 Å². The van der Waals surface area contributed by atoms with E-state index in [0.29, 0.717) is 18.1 Å². The van der Waals surface area contributed by atoms with Crippen LogP contribution in [0.4, 0.5) is 0 Å². The van der Waals surface area contributed by atoms with Gasteiger partial charge in [0.2, 0.25) is 10.0 Å². The second-order valence-electron chi connectivity index (χ2n) is 5.91. The first-order chi connectivity index (χ1) is 11.4. The minimum absolute atomic E-state index is 0.0527. The van der Waals surface area contributed by atoms with Crippen LogP contribution >= 0.6 is 11.6 Å². The Kier molecular flexibility index (Phi) is 6.43. The molecule has 0 spiro atoms. The molecule has 0 N–H and O–H groups in total. The molecule has 5 nitrogen and oxygen atoms in total. The number of benzene rings is 1. The van der Waals surface area contributed by atoms with E-state index in [1.165, 1.54) is 17.5 Å². The summed E-state index contributed by atoms with van der Waals surface area (Å²) < 4.78 is 30.7. The van der Waals surface area contributed by atoms with Crippen molar-refractivity contribution in [2.75, 3.05) is 26.0 Å². The first-order valence-corrected chi connectivity index (χ1v) is 9.79. The van der Waals surface area contributed by atoms with Crippen molar-refractivity contribution < 1.29 is 17.9 Å². The largest absolute Gasteiger partial charge is 0.469 e. The van der Waals surface area contributed by atoms with Crippen LogP contribution in [0.1, 0.15) is 29.9 Å². The van der Waals surface area contributed by atoms with E-state index >= 15 is 0 Å². The number of nitrogens with zero attached hydrogens (tertiary/aromatic N) is 1. The Morgan fingerprint density at radius 2 is 2.21 bits per heavy atom. The van der Waals surface area contributed by atoms with Crippen molar-refractivity contribution in [3.63, 3.8) is 0 Å². The van der Waals surface area contributed by atoms with E-state index in [0.717, 1.165) is 24.0 Å². The maximum Gasteiger partial charge on any atom is 0.309 e. The highest BCUT2D eigenvalue weighted by Crippen LogP contribution is 2.31. The molecule has 0 bridgehead atoms. The highest BCUT2D eigenvalue weighted by atomic mass is 35.5. The van der Waals surface area contributed by atoms with Crippen molar-refractivity contribution in [1.82, 2.24) is 4.31 Å². The Bertz CT molecular complexity index is 717. The van der Waals surface area contributed by atoms with Gasteiger partial charge in [0.1, 0.15) is 0 Å². The van der Waals surface area contributed by atoms with Gasteiger partial charge in [0.15, 0.2) is 0 Å². The molecule has 1 unspecified atom stereocenters. The highest BCUT2D eigenvalue weighted by Gasteiger charge is 2.29. The summed E-state index contributed by atoms with van der Waals surface area (Å²) in [6, 6.07) is 5.49. The van der Waals surface area contributed by atoms with Gasteiger partial charge in [0.25, 0.3) is 0 Å². The summed E-state index contributed by atoms with van der Waals surface area (Å²) in [5.74, 6) is -0.321. The number of sulfonamides is 1. The van der Waals surface area contributed by atoms with Crippen molar-refractivity contribution in [2.24, 2.45) is 0 Å². The van der Waals surface area contributed by atoms with E-state index in [2.05, 4.69) is 11.3 Å². The number of carbonyl (C=O) groups is 1. The van der Waals surface area contributed by atoms with Crippen molar-refractivity contribution in [2.45, 2.75) is 25.2 Å². The standard InChI is InChI=1S/C17H22ClNO4S/c1-3-7-24(21,22)19-6-4-5-14(12-19)15-8-13(9-16(18)11-15)10-17(20)23-2/h3,8-9,11,14H,1,4-7,10,12H2,2H3. The quantitative estimate of drug-likeness (QED) is 0.569. The normalized spacial score (nSPS) is 19.0. The number of carbonyl (C=O) groups excluding carboxylic acids is 1. The molecular formula is C17H22ClNO4S. The third-order valence-corrected chi connectivity index (χ3v) is 6.13. The zero-order chi connectivity index (χ0) is 17.7. The summed E-state index contributed by atoms with van der Waals surface area (Å²) in [5, 5.41) is 0.539. The fraction of sp³-hybridized carbons (Fsp3) is 0.471. The van der Waals surface area contributed by atoms with Crippen LogP contribution < -0.4 is 0 Å². The Morgan fingerprint density at radius 1 is 1.46 bits per heavy atom. The van der Waals surface area contributed by atoms with Crippen LogP contribution in [0.2, 0.25) is 5.02 Å². The van der Waals surface area contributed by atoms with E-state index < -0.39 is 10.0 Å². The van der Waals surface area contributed by atoms with Crippen LogP contribution in [0.3, 0.4) is 0 Å². The topological polar surface area (TPSA) is 63.7 Å². The fourth-order valence-corrected chi connectivity index (χ4v) is 4.56. The molecule has 1 aliphatic heterocycles. The van der Waals surface area contributed by atoms with Crippen molar-refractivity contribution in [3.05, 3.63) is 47.0 Å². The number of ether oxygens (including phenoxy) is 1. The molecule has 0 aromatic heterocycles. The van der Waals surface area contributed by atoms with Crippen LogP contribution in [0.15, 0.2) is 30.9 Å². The van der Waals surface area contributed by atoms with Gasteiger partial charge in [-0.25, -0.2) is 12.7 Å². The zero-order valence-electron chi connectivity index (χ0n) is 13.7. The zero-order valence-corrected chi connectivity index (χ0v) is 15.3. The predicted octanol–water partition coefficient (Wildman–Crippen LogP) is 2.75. The molecule has 0 amide bonds. The number of halogens is 1. The Morgan fingerprint density at radius 3 is 2.88 bits per heavy atom. The molecule has 7 heteroatoms. The second-order valence-corrected chi connectivity index (χ2v) is 8.36. The molecule has 2 rings (SSSR count). The van der Waals surface area contributed by atoms with Gasteiger partial charge in [-0.1, -0.05) is 23.7 Å². The smallest absolute Gasteiger partial charge is 0.309 e. The number of methoxy groups -OCH3 is 1. The predicted molar refractivity (Wildman–Crippen MR) is 94.7 cm³/mol. The van der Waals surface area contributed by atoms with Crippen molar-refractivity contribution >= 4 is 27.6 Å². The maximum absolute atomic E-state index is 12.2. The molecular weight excluding hydrogens is 350 g/mol. The molecule has 1 aromatic rings. The van der Waals surface area contributed by atoms with Crippen LogP contribution in [0.25, 0.3) is 0 Å². The highest BCUT2D eigenvalue weighted by molar-refractivity contribution is 7.89. The first-order valence-electron chi connectivity index (χ1n) is 7.80. The first kappa shape index (κ1) is 19.0. The number of piperidine rings is 1. The molecule has 1 atom stereocenters. The van der Waals surface area contributed by atoms with Gasteiger partial charge in [0.05, 0.1) is 19.3 Å². The Labute approximate surface area is 148 Å². The number of hydrogen-bond donors (Lipinski definition) is 0. The lowest BCUT2D eigenvalue weighted by atomic mass is 9.90. The molecule has 1 heterocycles. The molecule has 1 aromatic carbocycles. The van der Waals surface area contributed by atoms with E-state index in [1.807, 2.05) is 12.1 Å². The molecule has 24 heavy (non-hydrogen) atoms. The van der Waals surface area contributed by atoms with E-state index in [-0.39, 0.29) is 24.1 Å². The Balaban J connectivity index is 2.21. The van der Waals surface area contributed by atoms with Crippen LogP contribution in [0, 0.1) is 0 Å². The average molecular weight is 372 g/mol. The summed E-state index contributed by atoms with van der Waals surface area (Å²) in [4.78, 5) is 11.5. The van der Waals surface area contributed by atoms with Crippen LogP contribution in [-0.2, 0) is 26.0 Å². The summed E-state index contributed by atoms with van der Waals surface area (Å²) in [6.07, 6.45) is 3.24. The lowest BCUT2D eigenvalue weighted by molar-refractivity contribution is -0.139. The minimum Gasteiger partial charge on any atom is -0.469 e. The van der Waals surface area contributed by atoms with Gasteiger partial charge >= 0.3 is 5.97 Å². The van der Waals surface area contributed by atoms with Crippen LogP contribution in [0.5, 0.6) is 0 Å². The van der Waals surface area contributed by atoms with Gasteiger partial charge < -0.3 is 4.74 Å². The number of esters is 1. The third-order valence-electron chi connectivity index (χ3n) is 4.13. The van der Waals surface area contributed by atoms with Crippen molar-refractivity contribution in [3.8, 4) is 0 Å². The molecule has 0 saturated carbocycles. The second kappa shape index (κ2) is 8.14. The number of rotatable bonds is 6. The average Bonchev–Trinajstić information content (AvgIpc) is 2.54. The van der Waals surface area contributed by atoms with Crippen LogP contribution in [-0.4, -0.2) is 44.6 Å². The fourth-order valence-electron chi connectivity index (χ4n) is 2.97. The summed E-state index contributed by atoms with van der Waals surface area (Å²) >= 11 is 6.17. The van der Waals surface area contributed by atoms with Gasteiger partial charge in [-0.3, -0.25) is 4.79 Å². The monoisotopic (exact) mass is 371 g/mol. The summed E-state index contributed by atoms with van der Waals surface area (Å²) in [5.41, 5.74) is 1.73. The van der Waals surface area contributed by atoms with Crippen molar-refractivity contribution in [1.29, 1.82) is 0 Å². The molecule has 0 aliphatic carbocycles. The van der Waals surface area contributed by atoms with Gasteiger partial charge in [-0.2, -0.15) is 0 Å². The molecule has 1 aliphatic rings. The molecule has 0 radical (unpaired) electrons. The van der Waals surface area contributed by atoms with E-state index in [9.17, 15) is 13.2 Å². The molecule has 132 valence electrons.